The quantitative estimate of drug-likeness (QED) is 0.388. The number of halogens is 1. The molecule has 2 unspecified atom stereocenters. The van der Waals surface area contributed by atoms with E-state index in [4.69, 9.17) is 9.39 Å². The fraction of sp³-hybridized carbons (Fsp3) is 0.818. The van der Waals surface area contributed by atoms with Crippen LogP contribution in [0, 0.1) is 0 Å². The molecule has 0 aromatic heterocycles. The van der Waals surface area contributed by atoms with Crippen LogP contribution < -0.4 is 10.8 Å². The van der Waals surface area contributed by atoms with Gasteiger partial charge in [0.15, 0.2) is 0 Å². The molecule has 0 radical (unpaired) electrons. The standard InChI is InChI=1S/C11H17FN4O7S/c12-7-3-13-4-9(7)22-14-10(17)8-2-1-6-5-15(8)11(18)16(6)23-24(19,20)21/h6-9,13H,1-5H2,(H,14,17)(H,19,20,21)/t6-,7?,8+,9?/m1/s1. The number of hydrogen-bond acceptors (Lipinski definition) is 7. The van der Waals surface area contributed by atoms with Crippen molar-refractivity contribution in [2.45, 2.75) is 37.2 Å². The second-order valence-electron chi connectivity index (χ2n) is 5.81. The number of alkyl halides is 1. The van der Waals surface area contributed by atoms with Crippen LogP contribution >= 0.6 is 0 Å². The Morgan fingerprint density at radius 3 is 2.75 bits per heavy atom. The molecule has 136 valence electrons. The molecule has 13 heteroatoms. The fourth-order valence-electron chi connectivity index (χ4n) is 3.04. The van der Waals surface area contributed by atoms with E-state index >= 15 is 0 Å². The minimum atomic E-state index is -4.84. The summed E-state index contributed by atoms with van der Waals surface area (Å²) in [6, 6.07) is -2.32. The van der Waals surface area contributed by atoms with Crippen molar-refractivity contribution in [3.8, 4) is 0 Å². The molecule has 3 N–H and O–H groups in total. The van der Waals surface area contributed by atoms with Gasteiger partial charge in [0.05, 0.1) is 6.04 Å². The number of nitrogens with zero attached hydrogens (tertiary/aromatic N) is 2. The Hall–Kier alpha value is -1.54. The SMILES string of the molecule is O=C(NOC1CNCC1F)[C@@H]1CC[C@@H]2CN1C(=O)N2OS(=O)(=O)O. The van der Waals surface area contributed by atoms with Crippen molar-refractivity contribution in [1.82, 2.24) is 20.8 Å². The van der Waals surface area contributed by atoms with Crippen molar-refractivity contribution in [2.75, 3.05) is 19.6 Å². The van der Waals surface area contributed by atoms with Crippen molar-refractivity contribution < 1.29 is 36.1 Å². The Kier molecular flexibility index (Phi) is 4.61. The summed E-state index contributed by atoms with van der Waals surface area (Å²) in [5.74, 6) is -0.630. The van der Waals surface area contributed by atoms with Crippen LogP contribution in [0.3, 0.4) is 0 Å². The van der Waals surface area contributed by atoms with Gasteiger partial charge in [-0.2, -0.15) is 13.5 Å². The molecule has 24 heavy (non-hydrogen) atoms. The minimum absolute atomic E-state index is 0.0726. The number of carbonyl (C=O) groups is 2. The van der Waals surface area contributed by atoms with E-state index in [2.05, 4.69) is 15.1 Å². The van der Waals surface area contributed by atoms with E-state index in [0.717, 1.165) is 4.90 Å². The second kappa shape index (κ2) is 6.40. The van der Waals surface area contributed by atoms with E-state index in [1.165, 1.54) is 0 Å². The number of hydrogen-bond donors (Lipinski definition) is 3. The van der Waals surface area contributed by atoms with Crippen molar-refractivity contribution in [2.24, 2.45) is 0 Å². The van der Waals surface area contributed by atoms with E-state index in [9.17, 15) is 22.4 Å². The summed E-state index contributed by atoms with van der Waals surface area (Å²) in [4.78, 5) is 30.5. The molecule has 2 bridgehead atoms. The Labute approximate surface area is 136 Å². The first-order chi connectivity index (χ1) is 11.3. The number of hydroxylamine groups is 3. The zero-order valence-electron chi connectivity index (χ0n) is 12.4. The molecule has 3 heterocycles. The monoisotopic (exact) mass is 368 g/mol. The number of carbonyl (C=O) groups excluding carboxylic acids is 2. The smallest absolute Gasteiger partial charge is 0.311 e. The van der Waals surface area contributed by atoms with Crippen molar-refractivity contribution in [1.29, 1.82) is 0 Å². The van der Waals surface area contributed by atoms with Crippen molar-refractivity contribution in [3.05, 3.63) is 0 Å². The normalized spacial score (nSPS) is 33.2. The highest BCUT2D eigenvalue weighted by Gasteiger charge is 2.49. The predicted molar refractivity (Wildman–Crippen MR) is 74.2 cm³/mol. The third kappa shape index (κ3) is 3.44. The molecule has 3 amide bonds. The molecule has 3 aliphatic rings. The number of nitrogens with one attached hydrogen (secondary N) is 2. The molecule has 3 fully saturated rings. The lowest BCUT2D eigenvalue weighted by molar-refractivity contribution is -0.145. The fourth-order valence-corrected chi connectivity index (χ4v) is 3.43. The first-order valence-corrected chi connectivity index (χ1v) is 8.70. The average molecular weight is 368 g/mol. The van der Waals surface area contributed by atoms with Gasteiger partial charge in [0.2, 0.25) is 0 Å². The van der Waals surface area contributed by atoms with Gasteiger partial charge in [0.1, 0.15) is 18.3 Å². The third-order valence-corrected chi connectivity index (χ3v) is 4.55. The summed E-state index contributed by atoms with van der Waals surface area (Å²) in [5.41, 5.74) is 2.15. The highest BCUT2D eigenvalue weighted by Crippen LogP contribution is 2.30. The molecule has 0 saturated carbocycles. The van der Waals surface area contributed by atoms with Gasteiger partial charge in [0, 0.05) is 19.6 Å². The summed E-state index contributed by atoms with van der Waals surface area (Å²) in [6.07, 6.45) is -1.50. The van der Waals surface area contributed by atoms with Gasteiger partial charge < -0.3 is 10.2 Å². The Balaban J connectivity index is 1.60. The van der Waals surface area contributed by atoms with Crippen LogP contribution in [0.1, 0.15) is 12.8 Å². The summed E-state index contributed by atoms with van der Waals surface area (Å²) < 4.78 is 48.0. The van der Waals surface area contributed by atoms with E-state index in [0.29, 0.717) is 11.5 Å². The summed E-state index contributed by atoms with van der Waals surface area (Å²) in [6.45, 7) is 0.466. The van der Waals surface area contributed by atoms with E-state index < -0.39 is 46.7 Å². The third-order valence-electron chi connectivity index (χ3n) is 4.20. The molecule has 3 aliphatic heterocycles. The number of amides is 3. The summed E-state index contributed by atoms with van der Waals surface area (Å²) in [5, 5.41) is 3.31. The van der Waals surface area contributed by atoms with Crippen molar-refractivity contribution in [3.63, 3.8) is 0 Å². The maximum absolute atomic E-state index is 13.4. The topological polar surface area (TPSA) is 138 Å². The van der Waals surface area contributed by atoms with E-state index in [1.807, 2.05) is 0 Å². The molecule has 3 rings (SSSR count). The lowest BCUT2D eigenvalue weighted by Gasteiger charge is -2.29. The van der Waals surface area contributed by atoms with Crippen LogP contribution in [-0.4, -0.2) is 78.9 Å². The maximum Gasteiger partial charge on any atom is 0.418 e. The molecular formula is C11H17FN4O7S. The van der Waals surface area contributed by atoms with Crippen LogP contribution in [0.25, 0.3) is 0 Å². The molecule has 3 saturated heterocycles. The van der Waals surface area contributed by atoms with Gasteiger partial charge in [-0.1, -0.05) is 0 Å². The molecule has 4 atom stereocenters. The van der Waals surface area contributed by atoms with E-state index in [1.54, 1.807) is 0 Å². The van der Waals surface area contributed by atoms with Crippen LogP contribution in [0.4, 0.5) is 9.18 Å². The number of rotatable bonds is 5. The molecule has 0 aliphatic carbocycles. The van der Waals surface area contributed by atoms with E-state index in [-0.39, 0.29) is 26.1 Å². The zero-order valence-corrected chi connectivity index (χ0v) is 13.2. The van der Waals surface area contributed by atoms with Crippen LogP contribution in [-0.2, 0) is 24.3 Å². The first kappa shape index (κ1) is 17.3. The van der Waals surface area contributed by atoms with Crippen LogP contribution in [0.15, 0.2) is 0 Å². The lowest BCUT2D eigenvalue weighted by atomic mass is 10.0. The zero-order chi connectivity index (χ0) is 17.5. The van der Waals surface area contributed by atoms with Gasteiger partial charge in [0.25, 0.3) is 5.91 Å². The summed E-state index contributed by atoms with van der Waals surface area (Å²) in [7, 11) is -4.84. The Bertz CT molecular complexity index is 632. The highest BCUT2D eigenvalue weighted by molar-refractivity contribution is 7.80. The highest BCUT2D eigenvalue weighted by atomic mass is 32.3. The molecule has 0 spiro atoms. The van der Waals surface area contributed by atoms with Gasteiger partial charge in [-0.15, -0.1) is 4.28 Å². The number of fused-ring (bicyclic) bond motifs is 2. The Morgan fingerprint density at radius 2 is 2.12 bits per heavy atom. The number of urea groups is 1. The molecule has 11 nitrogen and oxygen atoms in total. The van der Waals surface area contributed by atoms with Gasteiger partial charge in [-0.3, -0.25) is 14.2 Å². The average Bonchev–Trinajstić information content (AvgIpc) is 3.01. The largest absolute Gasteiger partial charge is 0.418 e. The molecular weight excluding hydrogens is 351 g/mol. The minimum Gasteiger partial charge on any atom is -0.311 e. The van der Waals surface area contributed by atoms with Crippen LogP contribution in [0.2, 0.25) is 0 Å². The van der Waals surface area contributed by atoms with Crippen LogP contribution in [0.5, 0.6) is 0 Å². The summed E-state index contributed by atoms with van der Waals surface area (Å²) >= 11 is 0. The van der Waals surface area contributed by atoms with Gasteiger partial charge in [-0.25, -0.2) is 14.7 Å². The lowest BCUT2D eigenvalue weighted by Crippen LogP contribution is -2.50. The number of piperidine rings is 1. The maximum atomic E-state index is 13.4. The Morgan fingerprint density at radius 1 is 1.38 bits per heavy atom. The first-order valence-electron chi connectivity index (χ1n) is 7.33. The molecule has 0 aromatic carbocycles. The molecule has 0 aromatic rings. The van der Waals surface area contributed by atoms with Gasteiger partial charge >= 0.3 is 16.4 Å². The predicted octanol–water partition coefficient (Wildman–Crippen LogP) is -1.65. The second-order valence-corrected chi connectivity index (χ2v) is 6.81. The van der Waals surface area contributed by atoms with Crippen molar-refractivity contribution >= 4 is 22.3 Å². The van der Waals surface area contributed by atoms with Gasteiger partial charge in [-0.05, 0) is 12.8 Å².